The SMILES string of the molecule is Cc1cc(OCCCC(=O)Oc2c(C)cc(Br)cc2C)cc(C)c1Cl. The smallest absolute Gasteiger partial charge is 0.311 e. The molecule has 0 unspecified atom stereocenters. The number of benzene rings is 2. The number of rotatable bonds is 6. The van der Waals surface area contributed by atoms with E-state index in [-0.39, 0.29) is 5.97 Å². The molecule has 0 saturated carbocycles. The fourth-order valence-corrected chi connectivity index (χ4v) is 3.42. The molecular weight excluding hydrogens is 404 g/mol. The van der Waals surface area contributed by atoms with E-state index in [1.165, 1.54) is 0 Å². The Kier molecular flexibility index (Phi) is 6.91. The van der Waals surface area contributed by atoms with Crippen LogP contribution in [0.4, 0.5) is 0 Å². The molecule has 25 heavy (non-hydrogen) atoms. The van der Waals surface area contributed by atoms with Crippen LogP contribution in [0, 0.1) is 27.7 Å². The van der Waals surface area contributed by atoms with Crippen molar-refractivity contribution in [3.63, 3.8) is 0 Å². The van der Waals surface area contributed by atoms with Crippen molar-refractivity contribution in [2.24, 2.45) is 0 Å². The van der Waals surface area contributed by atoms with E-state index in [1.807, 2.05) is 52.0 Å². The second-order valence-electron chi connectivity index (χ2n) is 6.17. The van der Waals surface area contributed by atoms with E-state index in [0.717, 1.165) is 37.5 Å². The summed E-state index contributed by atoms with van der Waals surface area (Å²) in [5, 5.41) is 0.760. The van der Waals surface area contributed by atoms with E-state index >= 15 is 0 Å². The molecule has 0 aliphatic rings. The number of carbonyl (C=O) groups is 1. The molecule has 2 rings (SSSR count). The van der Waals surface area contributed by atoms with Gasteiger partial charge in [-0.15, -0.1) is 0 Å². The summed E-state index contributed by atoms with van der Waals surface area (Å²) in [6.07, 6.45) is 0.897. The lowest BCUT2D eigenvalue weighted by atomic mass is 10.1. The summed E-state index contributed by atoms with van der Waals surface area (Å²) in [6, 6.07) is 7.68. The second-order valence-corrected chi connectivity index (χ2v) is 7.46. The fraction of sp³-hybridized carbons (Fsp3) is 0.350. The van der Waals surface area contributed by atoms with Crippen LogP contribution >= 0.6 is 27.5 Å². The number of aryl methyl sites for hydroxylation is 4. The Morgan fingerprint density at radius 3 is 2.12 bits per heavy atom. The normalized spacial score (nSPS) is 10.6. The Morgan fingerprint density at radius 2 is 1.56 bits per heavy atom. The summed E-state index contributed by atoms with van der Waals surface area (Å²) in [4.78, 5) is 12.1. The average molecular weight is 426 g/mol. The van der Waals surface area contributed by atoms with E-state index in [4.69, 9.17) is 21.1 Å². The van der Waals surface area contributed by atoms with Crippen molar-refractivity contribution >= 4 is 33.5 Å². The van der Waals surface area contributed by atoms with Crippen LogP contribution in [0.1, 0.15) is 35.1 Å². The lowest BCUT2D eigenvalue weighted by Crippen LogP contribution is -2.11. The maximum absolute atomic E-state index is 12.1. The number of carbonyl (C=O) groups excluding carboxylic acids is 1. The number of esters is 1. The quantitative estimate of drug-likeness (QED) is 0.318. The van der Waals surface area contributed by atoms with E-state index in [9.17, 15) is 4.79 Å². The molecule has 0 aliphatic heterocycles. The molecule has 0 spiro atoms. The largest absolute Gasteiger partial charge is 0.494 e. The van der Waals surface area contributed by atoms with Crippen molar-refractivity contribution in [2.45, 2.75) is 40.5 Å². The first-order chi connectivity index (χ1) is 11.8. The Balaban J connectivity index is 1.83. The van der Waals surface area contributed by atoms with Crippen LogP contribution in [0.25, 0.3) is 0 Å². The van der Waals surface area contributed by atoms with Crippen LogP contribution in [0.3, 0.4) is 0 Å². The van der Waals surface area contributed by atoms with Crippen molar-refractivity contribution in [1.82, 2.24) is 0 Å². The molecule has 0 aliphatic carbocycles. The van der Waals surface area contributed by atoms with Crippen LogP contribution in [0.2, 0.25) is 5.02 Å². The van der Waals surface area contributed by atoms with Crippen LogP contribution in [0.15, 0.2) is 28.7 Å². The number of ether oxygens (including phenoxy) is 2. The Hall–Kier alpha value is -1.52. The van der Waals surface area contributed by atoms with E-state index in [2.05, 4.69) is 15.9 Å². The maximum atomic E-state index is 12.1. The van der Waals surface area contributed by atoms with Gasteiger partial charge in [-0.3, -0.25) is 4.79 Å². The first-order valence-corrected chi connectivity index (χ1v) is 9.32. The highest BCUT2D eigenvalue weighted by Crippen LogP contribution is 2.28. The van der Waals surface area contributed by atoms with Gasteiger partial charge in [-0.05, 0) is 80.6 Å². The van der Waals surface area contributed by atoms with Gasteiger partial charge in [-0.25, -0.2) is 0 Å². The maximum Gasteiger partial charge on any atom is 0.311 e. The minimum atomic E-state index is -0.249. The van der Waals surface area contributed by atoms with E-state index in [1.54, 1.807) is 0 Å². The molecule has 0 saturated heterocycles. The molecule has 2 aromatic rings. The molecule has 0 amide bonds. The van der Waals surface area contributed by atoms with Crippen LogP contribution in [-0.2, 0) is 4.79 Å². The molecule has 3 nitrogen and oxygen atoms in total. The average Bonchev–Trinajstić information content (AvgIpc) is 2.52. The minimum Gasteiger partial charge on any atom is -0.494 e. The Bertz CT molecular complexity index is 740. The van der Waals surface area contributed by atoms with E-state index < -0.39 is 0 Å². The standard InChI is InChI=1S/C20H22BrClO3/c1-12-10-17(11-13(2)19(12)22)24-7-5-6-18(23)25-20-14(3)8-16(21)9-15(20)4/h8-11H,5-7H2,1-4H3. The molecule has 0 heterocycles. The Morgan fingerprint density at radius 1 is 1.00 bits per heavy atom. The van der Waals surface area contributed by atoms with Crippen LogP contribution in [0.5, 0.6) is 11.5 Å². The highest BCUT2D eigenvalue weighted by Gasteiger charge is 2.11. The predicted octanol–water partition coefficient (Wildman–Crippen LogP) is 6.10. The third-order valence-corrected chi connectivity index (χ3v) is 4.90. The first-order valence-electron chi connectivity index (χ1n) is 8.15. The van der Waals surface area contributed by atoms with Crippen molar-refractivity contribution < 1.29 is 14.3 Å². The number of hydrogen-bond acceptors (Lipinski definition) is 3. The lowest BCUT2D eigenvalue weighted by Gasteiger charge is -2.12. The molecule has 0 bridgehead atoms. The molecule has 134 valence electrons. The number of halogens is 2. The van der Waals surface area contributed by atoms with E-state index in [0.29, 0.717) is 25.2 Å². The van der Waals surface area contributed by atoms with Crippen molar-refractivity contribution in [3.05, 3.63) is 56.0 Å². The monoisotopic (exact) mass is 424 g/mol. The van der Waals surface area contributed by atoms with Gasteiger partial charge in [0.2, 0.25) is 0 Å². The number of hydrogen-bond donors (Lipinski definition) is 0. The van der Waals surface area contributed by atoms with Gasteiger partial charge in [0, 0.05) is 15.9 Å². The second kappa shape index (κ2) is 8.72. The van der Waals surface area contributed by atoms with Gasteiger partial charge in [-0.1, -0.05) is 27.5 Å². The van der Waals surface area contributed by atoms with Gasteiger partial charge in [0.1, 0.15) is 11.5 Å². The third kappa shape index (κ3) is 5.48. The molecule has 0 atom stereocenters. The fourth-order valence-electron chi connectivity index (χ4n) is 2.62. The van der Waals surface area contributed by atoms with Gasteiger partial charge in [0.05, 0.1) is 6.61 Å². The lowest BCUT2D eigenvalue weighted by molar-refractivity contribution is -0.134. The highest BCUT2D eigenvalue weighted by atomic mass is 79.9. The van der Waals surface area contributed by atoms with Gasteiger partial charge < -0.3 is 9.47 Å². The predicted molar refractivity (Wildman–Crippen MR) is 105 cm³/mol. The summed E-state index contributed by atoms with van der Waals surface area (Å²) >= 11 is 9.58. The zero-order valence-electron chi connectivity index (χ0n) is 14.9. The van der Waals surface area contributed by atoms with Gasteiger partial charge in [-0.2, -0.15) is 0 Å². The summed E-state index contributed by atoms with van der Waals surface area (Å²) in [6.45, 7) is 8.20. The molecule has 0 N–H and O–H groups in total. The first kappa shape index (κ1) is 19.8. The third-order valence-electron chi connectivity index (χ3n) is 3.84. The molecule has 0 radical (unpaired) electrons. The topological polar surface area (TPSA) is 35.5 Å². The summed E-state index contributed by atoms with van der Waals surface area (Å²) in [5.74, 6) is 1.16. The minimum absolute atomic E-state index is 0.249. The van der Waals surface area contributed by atoms with Crippen LogP contribution < -0.4 is 9.47 Å². The van der Waals surface area contributed by atoms with Gasteiger partial charge in [0.25, 0.3) is 0 Å². The molecule has 0 aromatic heterocycles. The molecule has 5 heteroatoms. The van der Waals surface area contributed by atoms with Crippen molar-refractivity contribution in [2.75, 3.05) is 6.61 Å². The molecule has 0 fully saturated rings. The summed E-state index contributed by atoms with van der Waals surface area (Å²) in [5.41, 5.74) is 3.83. The summed E-state index contributed by atoms with van der Waals surface area (Å²) in [7, 11) is 0. The zero-order valence-corrected chi connectivity index (χ0v) is 17.3. The highest BCUT2D eigenvalue weighted by molar-refractivity contribution is 9.10. The summed E-state index contributed by atoms with van der Waals surface area (Å²) < 4.78 is 12.2. The Labute approximate surface area is 162 Å². The van der Waals surface area contributed by atoms with Crippen LogP contribution in [-0.4, -0.2) is 12.6 Å². The van der Waals surface area contributed by atoms with Gasteiger partial charge >= 0.3 is 5.97 Å². The van der Waals surface area contributed by atoms with Crippen molar-refractivity contribution in [3.8, 4) is 11.5 Å². The van der Waals surface area contributed by atoms with Crippen molar-refractivity contribution in [1.29, 1.82) is 0 Å². The molecular formula is C20H22BrClO3. The zero-order chi connectivity index (χ0) is 18.6. The molecule has 2 aromatic carbocycles. The van der Waals surface area contributed by atoms with Gasteiger partial charge in [0.15, 0.2) is 0 Å².